The van der Waals surface area contributed by atoms with Crippen molar-refractivity contribution >= 4 is 17.4 Å². The Kier molecular flexibility index (Phi) is 4.54. The largest absolute Gasteiger partial charge is 0.326 e. The average Bonchev–Trinajstić information content (AvgIpc) is 2.45. The van der Waals surface area contributed by atoms with Crippen molar-refractivity contribution in [2.24, 2.45) is 5.73 Å². The van der Waals surface area contributed by atoms with Crippen molar-refractivity contribution in [2.75, 3.05) is 0 Å². The van der Waals surface area contributed by atoms with E-state index in [0.717, 1.165) is 16.0 Å². The predicted molar refractivity (Wildman–Crippen MR) is 77.0 cm³/mol. The molecule has 0 heterocycles. The van der Waals surface area contributed by atoms with Gasteiger partial charge in [-0.15, -0.1) is 11.8 Å². The van der Waals surface area contributed by atoms with Crippen LogP contribution >= 0.6 is 11.8 Å². The molecule has 0 atom stereocenters. The molecule has 98 valence electrons. The number of hydrogen-bond acceptors (Lipinski definition) is 4. The maximum absolute atomic E-state index is 10.7. The highest BCUT2D eigenvalue weighted by molar-refractivity contribution is 7.98. The van der Waals surface area contributed by atoms with Gasteiger partial charge < -0.3 is 5.73 Å². The zero-order valence-electron chi connectivity index (χ0n) is 10.3. The molecule has 2 aromatic rings. The number of nitro groups is 1. The monoisotopic (exact) mass is 274 g/mol. The highest BCUT2D eigenvalue weighted by Crippen LogP contribution is 2.25. The molecule has 0 unspecified atom stereocenters. The van der Waals surface area contributed by atoms with Crippen molar-refractivity contribution in [1.29, 1.82) is 0 Å². The zero-order chi connectivity index (χ0) is 13.7. The molecule has 2 N–H and O–H groups in total. The molecule has 4 nitrogen and oxygen atoms in total. The molecule has 0 radical (unpaired) electrons. The highest BCUT2D eigenvalue weighted by Gasteiger charge is 2.05. The molecule has 2 aromatic carbocycles. The van der Waals surface area contributed by atoms with E-state index in [1.807, 2.05) is 30.3 Å². The van der Waals surface area contributed by atoms with E-state index in [1.165, 1.54) is 6.07 Å². The zero-order valence-corrected chi connectivity index (χ0v) is 11.1. The van der Waals surface area contributed by atoms with E-state index < -0.39 is 0 Å². The van der Waals surface area contributed by atoms with Gasteiger partial charge in [-0.3, -0.25) is 10.1 Å². The summed E-state index contributed by atoms with van der Waals surface area (Å²) in [6.07, 6.45) is 0. The SMILES string of the molecule is NCc1cccc(SCc2cccc([N+](=O)[O-])c2)c1. The number of nitro benzene ring substituents is 1. The third-order valence-corrected chi connectivity index (χ3v) is 3.73. The van der Waals surface area contributed by atoms with Crippen LogP contribution in [-0.2, 0) is 12.3 Å². The summed E-state index contributed by atoms with van der Waals surface area (Å²) in [7, 11) is 0. The van der Waals surface area contributed by atoms with Crippen LogP contribution in [0.25, 0.3) is 0 Å². The summed E-state index contributed by atoms with van der Waals surface area (Å²) < 4.78 is 0. The second-order valence-corrected chi connectivity index (χ2v) is 5.12. The fraction of sp³-hybridized carbons (Fsp3) is 0.143. The van der Waals surface area contributed by atoms with Gasteiger partial charge in [-0.25, -0.2) is 0 Å². The summed E-state index contributed by atoms with van der Waals surface area (Å²) in [4.78, 5) is 11.4. The third kappa shape index (κ3) is 3.81. The maximum Gasteiger partial charge on any atom is 0.269 e. The summed E-state index contributed by atoms with van der Waals surface area (Å²) in [5.74, 6) is 0.704. The molecule has 0 fully saturated rings. The van der Waals surface area contributed by atoms with Crippen molar-refractivity contribution in [2.45, 2.75) is 17.2 Å². The fourth-order valence-corrected chi connectivity index (χ4v) is 2.61. The lowest BCUT2D eigenvalue weighted by Gasteiger charge is -2.04. The molecule has 0 aliphatic heterocycles. The normalized spacial score (nSPS) is 10.4. The first-order valence-electron chi connectivity index (χ1n) is 5.84. The first-order valence-corrected chi connectivity index (χ1v) is 6.83. The van der Waals surface area contributed by atoms with Crippen LogP contribution in [0, 0.1) is 10.1 Å². The number of nitrogens with zero attached hydrogens (tertiary/aromatic N) is 1. The van der Waals surface area contributed by atoms with Gasteiger partial charge in [-0.2, -0.15) is 0 Å². The van der Waals surface area contributed by atoms with E-state index in [0.29, 0.717) is 12.3 Å². The van der Waals surface area contributed by atoms with E-state index in [1.54, 1.807) is 23.9 Å². The topological polar surface area (TPSA) is 69.2 Å². The van der Waals surface area contributed by atoms with Crippen molar-refractivity contribution in [3.8, 4) is 0 Å². The van der Waals surface area contributed by atoms with Crippen LogP contribution in [0.3, 0.4) is 0 Å². The minimum absolute atomic E-state index is 0.133. The van der Waals surface area contributed by atoms with Gasteiger partial charge in [0.1, 0.15) is 0 Å². The predicted octanol–water partition coefficient (Wildman–Crippen LogP) is 3.35. The lowest BCUT2D eigenvalue weighted by molar-refractivity contribution is -0.384. The average molecular weight is 274 g/mol. The Hall–Kier alpha value is -1.85. The molecule has 0 saturated carbocycles. The van der Waals surface area contributed by atoms with Gasteiger partial charge >= 0.3 is 0 Å². The molecule has 0 aromatic heterocycles. The maximum atomic E-state index is 10.7. The van der Waals surface area contributed by atoms with Crippen LogP contribution in [0.2, 0.25) is 0 Å². The van der Waals surface area contributed by atoms with Crippen molar-refractivity contribution < 1.29 is 4.92 Å². The molecule has 2 rings (SSSR count). The molecular formula is C14H14N2O2S. The van der Waals surface area contributed by atoms with Crippen LogP contribution in [-0.4, -0.2) is 4.92 Å². The van der Waals surface area contributed by atoms with Gasteiger partial charge in [0, 0.05) is 29.3 Å². The molecule has 5 heteroatoms. The van der Waals surface area contributed by atoms with Crippen LogP contribution in [0.5, 0.6) is 0 Å². The number of nitrogens with two attached hydrogens (primary N) is 1. The van der Waals surface area contributed by atoms with Gasteiger partial charge in [0.05, 0.1) is 4.92 Å². The van der Waals surface area contributed by atoms with Gasteiger partial charge in [0.2, 0.25) is 0 Å². The summed E-state index contributed by atoms with van der Waals surface area (Å²) >= 11 is 1.65. The second kappa shape index (κ2) is 6.36. The van der Waals surface area contributed by atoms with Crippen LogP contribution in [0.15, 0.2) is 53.4 Å². The Balaban J connectivity index is 2.05. The Morgan fingerprint density at radius 2 is 1.84 bits per heavy atom. The van der Waals surface area contributed by atoms with Crippen LogP contribution < -0.4 is 5.73 Å². The van der Waals surface area contributed by atoms with Gasteiger partial charge in [-0.05, 0) is 23.3 Å². The van der Waals surface area contributed by atoms with Crippen molar-refractivity contribution in [3.63, 3.8) is 0 Å². The summed E-state index contributed by atoms with van der Waals surface area (Å²) in [5, 5.41) is 10.7. The molecular weight excluding hydrogens is 260 g/mol. The third-order valence-electron chi connectivity index (χ3n) is 2.66. The molecule has 0 aliphatic carbocycles. The Morgan fingerprint density at radius 3 is 2.58 bits per heavy atom. The van der Waals surface area contributed by atoms with E-state index in [4.69, 9.17) is 5.73 Å². The van der Waals surface area contributed by atoms with Gasteiger partial charge in [-0.1, -0.05) is 24.3 Å². The van der Waals surface area contributed by atoms with Gasteiger partial charge in [0.15, 0.2) is 0 Å². The highest BCUT2D eigenvalue weighted by atomic mass is 32.2. The van der Waals surface area contributed by atoms with Crippen molar-refractivity contribution in [3.05, 3.63) is 69.8 Å². The lowest BCUT2D eigenvalue weighted by Crippen LogP contribution is -1.95. The smallest absolute Gasteiger partial charge is 0.269 e. The minimum atomic E-state index is -0.372. The first kappa shape index (κ1) is 13.6. The second-order valence-electron chi connectivity index (χ2n) is 4.07. The van der Waals surface area contributed by atoms with Crippen LogP contribution in [0.1, 0.15) is 11.1 Å². The Labute approximate surface area is 115 Å². The first-order chi connectivity index (χ1) is 9.19. The fourth-order valence-electron chi connectivity index (χ4n) is 1.69. The number of rotatable bonds is 5. The van der Waals surface area contributed by atoms with Gasteiger partial charge in [0.25, 0.3) is 5.69 Å². The Bertz CT molecular complexity index is 587. The number of hydrogen-bond donors (Lipinski definition) is 1. The summed E-state index contributed by atoms with van der Waals surface area (Å²) in [5.41, 5.74) is 7.76. The molecule has 0 spiro atoms. The molecule has 19 heavy (non-hydrogen) atoms. The van der Waals surface area contributed by atoms with E-state index in [-0.39, 0.29) is 10.6 Å². The van der Waals surface area contributed by atoms with E-state index in [9.17, 15) is 10.1 Å². The quantitative estimate of drug-likeness (QED) is 0.515. The number of benzene rings is 2. The molecule has 0 saturated heterocycles. The number of thioether (sulfide) groups is 1. The summed E-state index contributed by atoms with van der Waals surface area (Å²) in [6.45, 7) is 0.519. The van der Waals surface area contributed by atoms with Crippen molar-refractivity contribution in [1.82, 2.24) is 0 Å². The minimum Gasteiger partial charge on any atom is -0.326 e. The van der Waals surface area contributed by atoms with Crippen LogP contribution in [0.4, 0.5) is 5.69 Å². The number of non-ortho nitro benzene ring substituents is 1. The molecule has 0 aliphatic rings. The standard InChI is InChI=1S/C14H14N2O2S/c15-9-11-3-2-6-14(8-11)19-10-12-4-1-5-13(7-12)16(17)18/h1-8H,9-10,15H2. The van der Waals surface area contributed by atoms with E-state index in [2.05, 4.69) is 0 Å². The van der Waals surface area contributed by atoms with E-state index >= 15 is 0 Å². The molecule has 0 bridgehead atoms. The molecule has 0 amide bonds. The summed E-state index contributed by atoms with van der Waals surface area (Å²) in [6, 6.07) is 14.7. The Morgan fingerprint density at radius 1 is 1.11 bits per heavy atom. The lowest BCUT2D eigenvalue weighted by atomic mass is 10.2.